The molecule has 8 rings (SSSR count). The quantitative estimate of drug-likeness (QED) is 0.124. The number of halogens is 1. The fourth-order valence-corrected chi connectivity index (χ4v) is 8.08. The van der Waals surface area contributed by atoms with Gasteiger partial charge in [0.1, 0.15) is 41.5 Å². The highest BCUT2D eigenvalue weighted by Crippen LogP contribution is 2.54. The van der Waals surface area contributed by atoms with Crippen LogP contribution in [0.2, 0.25) is 5.02 Å². The molecular formula is C41H33ClN3O9P. The van der Waals surface area contributed by atoms with E-state index in [0.717, 1.165) is 16.7 Å². The lowest BCUT2D eigenvalue weighted by Gasteiger charge is -2.41. The van der Waals surface area contributed by atoms with E-state index in [1.807, 2.05) is 78.9 Å². The van der Waals surface area contributed by atoms with Crippen molar-refractivity contribution in [1.29, 1.82) is 0 Å². The molecule has 0 bridgehead atoms. The molecule has 6 aromatic rings. The molecule has 3 heterocycles. The molecule has 0 radical (unpaired) electrons. The van der Waals surface area contributed by atoms with Gasteiger partial charge in [-0.2, -0.15) is 4.98 Å². The van der Waals surface area contributed by atoms with E-state index in [9.17, 15) is 19.0 Å². The van der Waals surface area contributed by atoms with Gasteiger partial charge in [0.05, 0.1) is 11.6 Å². The maximum Gasteiger partial charge on any atom is 0.527 e. The molecule has 2 aliphatic rings. The number of nitrogens with one attached hydrogen (secondary N) is 1. The Bertz CT molecular complexity index is 2400. The molecule has 1 aromatic heterocycles. The van der Waals surface area contributed by atoms with Gasteiger partial charge in [-0.05, 0) is 48.0 Å². The number of para-hydroxylation sites is 3. The number of rotatable bonds is 11. The van der Waals surface area contributed by atoms with Crippen molar-refractivity contribution in [2.45, 2.75) is 30.5 Å². The smallest absolute Gasteiger partial charge is 0.457 e. The zero-order valence-electron chi connectivity index (χ0n) is 28.9. The van der Waals surface area contributed by atoms with E-state index in [1.165, 1.54) is 29.0 Å². The summed E-state index contributed by atoms with van der Waals surface area (Å²) in [4.78, 5) is 41.2. The molecule has 4 atom stereocenters. The number of phosphoric ester groups is 1. The number of anilines is 1. The van der Waals surface area contributed by atoms with Gasteiger partial charge >= 0.3 is 13.5 Å². The lowest BCUT2D eigenvalue weighted by atomic mass is 9.77. The van der Waals surface area contributed by atoms with Crippen LogP contribution < -0.4 is 20.3 Å². The Labute approximate surface area is 320 Å². The molecule has 2 N–H and O–H groups in total. The fraction of sp³-hybridized carbons (Fsp3) is 0.146. The van der Waals surface area contributed by atoms with E-state index >= 15 is 0 Å². The number of ether oxygens (including phenoxy) is 3. The second-order valence-corrected chi connectivity index (χ2v) is 14.5. The van der Waals surface area contributed by atoms with Gasteiger partial charge in [-0.15, -0.1) is 0 Å². The summed E-state index contributed by atoms with van der Waals surface area (Å²) < 4.78 is 45.8. The highest BCUT2D eigenvalue weighted by molar-refractivity contribution is 7.47. The number of hydrogen-bond donors (Lipinski definition) is 2. The number of hydrogen-bond acceptors (Lipinski definition) is 9. The van der Waals surface area contributed by atoms with E-state index in [-0.39, 0.29) is 29.6 Å². The van der Waals surface area contributed by atoms with Gasteiger partial charge in [-0.3, -0.25) is 18.8 Å². The van der Waals surface area contributed by atoms with Crippen LogP contribution >= 0.6 is 19.4 Å². The first-order valence-electron chi connectivity index (χ1n) is 17.3. The molecule has 0 aliphatic carbocycles. The fourth-order valence-electron chi connectivity index (χ4n) is 6.83. The van der Waals surface area contributed by atoms with Gasteiger partial charge in [0.15, 0.2) is 5.60 Å². The summed E-state index contributed by atoms with van der Waals surface area (Å²) in [6.45, 7) is -0.182. The average Bonchev–Trinajstić information content (AvgIpc) is 3.59. The lowest BCUT2D eigenvalue weighted by Crippen LogP contribution is -2.40. The topological polar surface area (TPSA) is 147 Å². The molecular weight excluding hydrogens is 745 g/mol. The number of benzene rings is 5. The summed E-state index contributed by atoms with van der Waals surface area (Å²) in [7, 11) is -4.84. The van der Waals surface area contributed by atoms with Crippen LogP contribution in [0, 0.1) is 0 Å². The largest absolute Gasteiger partial charge is 0.527 e. The lowest BCUT2D eigenvalue weighted by molar-refractivity contribution is -0.0949. The maximum atomic E-state index is 13.5. The molecule has 0 spiro atoms. The Morgan fingerprint density at radius 2 is 1.49 bits per heavy atom. The number of carbonyl (C=O) groups excluding carboxylic acids is 1. The van der Waals surface area contributed by atoms with Crippen molar-refractivity contribution in [1.82, 2.24) is 9.55 Å². The molecule has 2 aliphatic heterocycles. The zero-order valence-corrected chi connectivity index (χ0v) is 30.6. The van der Waals surface area contributed by atoms with Crippen molar-refractivity contribution in [2.75, 3.05) is 11.9 Å². The predicted molar refractivity (Wildman–Crippen MR) is 203 cm³/mol. The molecule has 14 heteroatoms. The highest BCUT2D eigenvalue weighted by atomic mass is 35.5. The summed E-state index contributed by atoms with van der Waals surface area (Å²) in [6, 6.07) is 40.9. The van der Waals surface area contributed by atoms with Crippen LogP contribution in [-0.4, -0.2) is 39.2 Å². The van der Waals surface area contributed by atoms with Crippen molar-refractivity contribution < 1.29 is 37.5 Å². The van der Waals surface area contributed by atoms with Gasteiger partial charge in [-0.1, -0.05) is 109 Å². The Morgan fingerprint density at radius 1 is 0.873 bits per heavy atom. The number of phosphoric acid groups is 1. The monoisotopic (exact) mass is 777 g/mol. The van der Waals surface area contributed by atoms with E-state index in [1.54, 1.807) is 42.5 Å². The van der Waals surface area contributed by atoms with Crippen molar-refractivity contribution in [2.24, 2.45) is 0 Å². The van der Waals surface area contributed by atoms with Crippen molar-refractivity contribution >= 4 is 31.1 Å². The summed E-state index contributed by atoms with van der Waals surface area (Å²) >= 11 is 6.23. The number of carbonyl (C=O) groups is 1. The molecule has 55 heavy (non-hydrogen) atoms. The number of nitrogens with zero attached hydrogens (tertiary/aromatic N) is 2. The van der Waals surface area contributed by atoms with Gasteiger partial charge in [-0.25, -0.2) is 9.36 Å². The van der Waals surface area contributed by atoms with E-state index < -0.39 is 43.5 Å². The first-order valence-corrected chi connectivity index (χ1v) is 19.2. The minimum atomic E-state index is -4.84. The van der Waals surface area contributed by atoms with Gasteiger partial charge in [0.2, 0.25) is 0 Å². The highest BCUT2D eigenvalue weighted by Gasteiger charge is 2.48. The van der Waals surface area contributed by atoms with Crippen LogP contribution in [-0.2, 0) is 24.2 Å². The Kier molecular flexibility index (Phi) is 10.1. The first kappa shape index (κ1) is 36.4. The Morgan fingerprint density at radius 3 is 2.16 bits per heavy atom. The normalized spacial score (nSPS) is 19.3. The van der Waals surface area contributed by atoms with Crippen LogP contribution in [0.25, 0.3) is 0 Å². The second-order valence-electron chi connectivity index (χ2n) is 12.8. The van der Waals surface area contributed by atoms with Crippen LogP contribution in [0.5, 0.6) is 17.2 Å². The average molecular weight is 778 g/mol. The van der Waals surface area contributed by atoms with E-state index in [0.29, 0.717) is 17.1 Å². The summed E-state index contributed by atoms with van der Waals surface area (Å²) in [6.07, 6.45) is -1.81. The third-order valence-corrected chi connectivity index (χ3v) is 10.6. The molecule has 5 aromatic carbocycles. The molecule has 1 saturated heterocycles. The SMILES string of the molecule is O=C(Nc1ccn([C@H]2C[C@H](OP(=O)(O)Oc3ccccc3Cl)C(COC3(c4ccccc4)c4ccccc4Oc4ccccc43)O2)c(=O)n1)c1ccccc1. The molecule has 278 valence electrons. The van der Waals surface area contributed by atoms with Crippen LogP contribution in [0.4, 0.5) is 5.82 Å². The summed E-state index contributed by atoms with van der Waals surface area (Å²) in [5.41, 5.74) is 0.709. The molecule has 1 amide bonds. The summed E-state index contributed by atoms with van der Waals surface area (Å²) in [5, 5.41) is 2.74. The summed E-state index contributed by atoms with van der Waals surface area (Å²) in [5.74, 6) is 0.732. The number of amides is 1. The molecule has 1 fully saturated rings. The first-order chi connectivity index (χ1) is 26.7. The van der Waals surface area contributed by atoms with Gasteiger partial charge in [0.25, 0.3) is 5.91 Å². The van der Waals surface area contributed by atoms with Gasteiger partial charge < -0.3 is 24.1 Å². The van der Waals surface area contributed by atoms with Crippen LogP contribution in [0.3, 0.4) is 0 Å². The second kappa shape index (κ2) is 15.3. The molecule has 12 nitrogen and oxygen atoms in total. The third kappa shape index (κ3) is 7.44. The standard InChI is InChI=1S/C41H33ClN3O9P/c42-31-19-9-12-22-34(31)53-55(48,49)54-35-25-38(45-24-23-37(44-40(45)47)43-39(46)27-13-3-1-4-14-27)52-36(35)26-50-41(28-15-5-2-6-16-28)29-17-7-10-20-32(29)51-33-21-11-8-18-30(33)41/h1-24,35-36,38H,25-26H2,(H,48,49)(H,43,44,46,47)/t35-,36?,38+/m0/s1. The van der Waals surface area contributed by atoms with Crippen LogP contribution in [0.15, 0.2) is 151 Å². The van der Waals surface area contributed by atoms with Crippen molar-refractivity contribution in [3.05, 3.63) is 183 Å². The Balaban J connectivity index is 1.13. The minimum Gasteiger partial charge on any atom is -0.457 e. The van der Waals surface area contributed by atoms with Crippen LogP contribution in [0.1, 0.15) is 39.7 Å². The molecule has 0 saturated carbocycles. The molecule has 2 unspecified atom stereocenters. The third-order valence-electron chi connectivity index (χ3n) is 9.31. The number of aromatic nitrogens is 2. The maximum absolute atomic E-state index is 13.5. The zero-order chi connectivity index (χ0) is 38.0. The van der Waals surface area contributed by atoms with Crippen molar-refractivity contribution in [3.8, 4) is 17.2 Å². The Hall–Kier alpha value is -5.59. The van der Waals surface area contributed by atoms with Crippen molar-refractivity contribution in [3.63, 3.8) is 0 Å². The van der Waals surface area contributed by atoms with E-state index in [2.05, 4.69) is 10.3 Å². The van der Waals surface area contributed by atoms with Gasteiger partial charge in [0, 0.05) is 29.3 Å². The van der Waals surface area contributed by atoms with E-state index in [4.69, 9.17) is 34.9 Å². The predicted octanol–water partition coefficient (Wildman–Crippen LogP) is 8.12. The number of fused-ring (bicyclic) bond motifs is 2. The minimum absolute atomic E-state index is 0.0374.